The molecule has 1 aliphatic rings. The van der Waals surface area contributed by atoms with Gasteiger partial charge in [-0.25, -0.2) is 0 Å². The van der Waals surface area contributed by atoms with Crippen molar-refractivity contribution in [2.45, 2.75) is 25.6 Å². The smallest absolute Gasteiger partial charge is 0.298 e. The number of rotatable bonds is 2. The van der Waals surface area contributed by atoms with Gasteiger partial charge in [-0.15, -0.1) is 0 Å². The van der Waals surface area contributed by atoms with Crippen molar-refractivity contribution in [1.29, 1.82) is 5.26 Å². The highest BCUT2D eigenvalue weighted by atomic mass is 19.4. The average Bonchev–Trinajstić information content (AvgIpc) is 2.39. The van der Waals surface area contributed by atoms with E-state index >= 15 is 0 Å². The van der Waals surface area contributed by atoms with Gasteiger partial charge < -0.3 is 0 Å². The van der Waals surface area contributed by atoms with Crippen LogP contribution < -0.4 is 0 Å². The van der Waals surface area contributed by atoms with Gasteiger partial charge in [0.05, 0.1) is 17.6 Å². The molecule has 1 aliphatic heterocycles. The van der Waals surface area contributed by atoms with Gasteiger partial charge in [0.1, 0.15) is 0 Å². The Labute approximate surface area is 110 Å². The van der Waals surface area contributed by atoms with Crippen LogP contribution in [0.4, 0.5) is 13.2 Å². The zero-order valence-corrected chi connectivity index (χ0v) is 10.5. The molecular formula is C14H15F3N2. The molecule has 1 fully saturated rings. The van der Waals surface area contributed by atoms with E-state index in [0.29, 0.717) is 25.1 Å². The summed E-state index contributed by atoms with van der Waals surface area (Å²) in [5.74, 6) is -1.24. The summed E-state index contributed by atoms with van der Waals surface area (Å²) in [5.41, 5.74) is 1.34. The molecule has 0 aliphatic carbocycles. The zero-order valence-electron chi connectivity index (χ0n) is 10.5. The highest BCUT2D eigenvalue weighted by Gasteiger charge is 2.41. The lowest BCUT2D eigenvalue weighted by atomic mass is 9.96. The monoisotopic (exact) mass is 268 g/mol. The molecule has 1 aromatic carbocycles. The van der Waals surface area contributed by atoms with Gasteiger partial charge in [0, 0.05) is 13.1 Å². The number of nitrogens with zero attached hydrogens (tertiary/aromatic N) is 2. The number of hydrogen-bond donors (Lipinski definition) is 0. The van der Waals surface area contributed by atoms with Crippen molar-refractivity contribution < 1.29 is 13.2 Å². The fourth-order valence-electron chi connectivity index (χ4n) is 2.47. The third-order valence-corrected chi connectivity index (χ3v) is 3.50. The minimum absolute atomic E-state index is 0.0310. The van der Waals surface area contributed by atoms with Crippen molar-refractivity contribution in [3.05, 3.63) is 35.4 Å². The Morgan fingerprint density at radius 1 is 1.32 bits per heavy atom. The largest absolute Gasteiger partial charge is 0.393 e. The maximum atomic E-state index is 12.7. The van der Waals surface area contributed by atoms with Gasteiger partial charge in [0.15, 0.2) is 0 Å². The molecule has 0 radical (unpaired) electrons. The summed E-state index contributed by atoms with van der Waals surface area (Å²) in [6.07, 6.45) is -3.35. The van der Waals surface area contributed by atoms with Gasteiger partial charge in [-0.1, -0.05) is 18.2 Å². The first-order valence-corrected chi connectivity index (χ1v) is 6.28. The van der Waals surface area contributed by atoms with Gasteiger partial charge >= 0.3 is 6.18 Å². The van der Waals surface area contributed by atoms with Gasteiger partial charge in [0.2, 0.25) is 0 Å². The Balaban J connectivity index is 2.05. The van der Waals surface area contributed by atoms with Crippen LogP contribution in [0.25, 0.3) is 0 Å². The van der Waals surface area contributed by atoms with Gasteiger partial charge in [-0.3, -0.25) is 4.90 Å². The van der Waals surface area contributed by atoms with Crippen LogP contribution in [-0.4, -0.2) is 24.2 Å². The molecule has 19 heavy (non-hydrogen) atoms. The number of nitriles is 1. The molecule has 0 N–H and O–H groups in total. The quantitative estimate of drug-likeness (QED) is 0.822. The minimum atomic E-state index is -4.12. The molecule has 1 saturated heterocycles. The summed E-state index contributed by atoms with van der Waals surface area (Å²) in [5, 5.41) is 8.98. The van der Waals surface area contributed by atoms with Crippen LogP contribution >= 0.6 is 0 Å². The highest BCUT2D eigenvalue weighted by molar-refractivity contribution is 5.37. The van der Waals surface area contributed by atoms with E-state index in [-0.39, 0.29) is 13.0 Å². The van der Waals surface area contributed by atoms with E-state index < -0.39 is 12.1 Å². The van der Waals surface area contributed by atoms with Crippen LogP contribution in [0.3, 0.4) is 0 Å². The normalized spacial score (nSPS) is 21.1. The molecule has 0 bridgehead atoms. The Bertz CT molecular complexity index is 476. The van der Waals surface area contributed by atoms with Crippen LogP contribution in [0.15, 0.2) is 24.3 Å². The predicted octanol–water partition coefficient (Wildman–Crippen LogP) is 3.33. The molecule has 5 heteroatoms. The molecule has 102 valence electrons. The second-order valence-electron chi connectivity index (χ2n) is 4.88. The van der Waals surface area contributed by atoms with E-state index in [9.17, 15) is 13.2 Å². The number of piperidine rings is 1. The second-order valence-corrected chi connectivity index (χ2v) is 4.88. The molecule has 0 aromatic heterocycles. The van der Waals surface area contributed by atoms with Gasteiger partial charge in [-0.2, -0.15) is 18.4 Å². The van der Waals surface area contributed by atoms with E-state index in [4.69, 9.17) is 5.26 Å². The standard InChI is InChI=1S/C14H15F3N2/c15-14(16,17)13-6-3-7-19(10-13)9-12-5-2-1-4-11(12)8-18/h1-2,4-5,13H,3,6-7,9-10H2/t13-/m0/s1. The van der Waals surface area contributed by atoms with Crippen LogP contribution in [0.1, 0.15) is 24.0 Å². The molecule has 2 nitrogen and oxygen atoms in total. The maximum absolute atomic E-state index is 12.7. The third kappa shape index (κ3) is 3.48. The van der Waals surface area contributed by atoms with Crippen molar-refractivity contribution >= 4 is 0 Å². The maximum Gasteiger partial charge on any atom is 0.393 e. The molecular weight excluding hydrogens is 253 g/mol. The van der Waals surface area contributed by atoms with Crippen LogP contribution in [0, 0.1) is 17.2 Å². The van der Waals surface area contributed by atoms with Crippen molar-refractivity contribution in [1.82, 2.24) is 4.90 Å². The SMILES string of the molecule is N#Cc1ccccc1CN1CCC[C@H](C(F)(F)F)C1. The Hall–Kier alpha value is -1.54. The predicted molar refractivity (Wildman–Crippen MR) is 65.2 cm³/mol. The zero-order chi connectivity index (χ0) is 13.9. The topological polar surface area (TPSA) is 27.0 Å². The first kappa shape index (κ1) is 13.9. The first-order chi connectivity index (χ1) is 9.00. The fraction of sp³-hybridized carbons (Fsp3) is 0.500. The molecule has 0 amide bonds. The van der Waals surface area contributed by atoms with Crippen molar-refractivity contribution in [2.75, 3.05) is 13.1 Å². The van der Waals surface area contributed by atoms with E-state index in [0.717, 1.165) is 5.56 Å². The van der Waals surface area contributed by atoms with Crippen molar-refractivity contribution in [3.8, 4) is 6.07 Å². The minimum Gasteiger partial charge on any atom is -0.298 e. The summed E-state index contributed by atoms with van der Waals surface area (Å²) in [6.45, 7) is 1.10. The average molecular weight is 268 g/mol. The summed E-state index contributed by atoms with van der Waals surface area (Å²) in [4.78, 5) is 1.79. The summed E-state index contributed by atoms with van der Waals surface area (Å²) in [6, 6.07) is 9.14. The van der Waals surface area contributed by atoms with Crippen LogP contribution in [0.5, 0.6) is 0 Å². The number of halogens is 3. The third-order valence-electron chi connectivity index (χ3n) is 3.50. The molecule has 0 unspecified atom stereocenters. The number of benzene rings is 1. The van der Waals surface area contributed by atoms with Crippen LogP contribution in [0.2, 0.25) is 0 Å². The summed E-state index contributed by atoms with van der Waals surface area (Å²) < 4.78 is 38.2. The summed E-state index contributed by atoms with van der Waals surface area (Å²) >= 11 is 0. The Morgan fingerprint density at radius 2 is 2.05 bits per heavy atom. The summed E-state index contributed by atoms with van der Waals surface area (Å²) in [7, 11) is 0. The molecule has 1 atom stereocenters. The molecule has 0 saturated carbocycles. The number of alkyl halides is 3. The molecule has 1 aromatic rings. The Kier molecular flexibility index (Phi) is 4.11. The van der Waals surface area contributed by atoms with Gasteiger partial charge in [0.25, 0.3) is 0 Å². The lowest BCUT2D eigenvalue weighted by Gasteiger charge is -2.33. The second kappa shape index (κ2) is 5.62. The molecule has 2 rings (SSSR count). The van der Waals surface area contributed by atoms with E-state index in [1.807, 2.05) is 0 Å². The van der Waals surface area contributed by atoms with Crippen LogP contribution in [-0.2, 0) is 6.54 Å². The first-order valence-electron chi connectivity index (χ1n) is 6.28. The lowest BCUT2D eigenvalue weighted by molar-refractivity contribution is -0.187. The number of hydrogen-bond acceptors (Lipinski definition) is 2. The van der Waals surface area contributed by atoms with Crippen molar-refractivity contribution in [2.24, 2.45) is 5.92 Å². The van der Waals surface area contributed by atoms with Crippen molar-refractivity contribution in [3.63, 3.8) is 0 Å². The lowest BCUT2D eigenvalue weighted by Crippen LogP contribution is -2.41. The van der Waals surface area contributed by atoms with E-state index in [1.165, 1.54) is 0 Å². The van der Waals surface area contributed by atoms with Gasteiger partial charge in [-0.05, 0) is 31.0 Å². The highest BCUT2D eigenvalue weighted by Crippen LogP contribution is 2.33. The number of likely N-dealkylation sites (tertiary alicyclic amines) is 1. The van der Waals surface area contributed by atoms with E-state index in [2.05, 4.69) is 6.07 Å². The molecule has 1 heterocycles. The van der Waals surface area contributed by atoms with E-state index in [1.54, 1.807) is 29.2 Å². The fourth-order valence-corrected chi connectivity index (χ4v) is 2.47. The Morgan fingerprint density at radius 3 is 2.74 bits per heavy atom. The molecule has 0 spiro atoms.